The van der Waals surface area contributed by atoms with E-state index >= 15 is 0 Å². The Morgan fingerprint density at radius 2 is 1.04 bits per heavy atom. The van der Waals surface area contributed by atoms with Gasteiger partial charge in [-0.2, -0.15) is 0 Å². The summed E-state index contributed by atoms with van der Waals surface area (Å²) < 4.78 is 0. The van der Waals surface area contributed by atoms with Gasteiger partial charge in [0.25, 0.3) is 0 Å². The van der Waals surface area contributed by atoms with Crippen LogP contribution < -0.4 is 0 Å². The van der Waals surface area contributed by atoms with Crippen molar-refractivity contribution in [1.29, 1.82) is 0 Å². The molecule has 9 heteroatoms. The Kier molecular flexibility index (Phi) is 19.3. The predicted molar refractivity (Wildman–Crippen MR) is 103 cm³/mol. The fourth-order valence-electron chi connectivity index (χ4n) is 1.16. The van der Waals surface area contributed by atoms with E-state index in [0.29, 0.717) is 12.3 Å². The lowest BCUT2D eigenvalue weighted by Gasteiger charge is -1.95. The average Bonchev–Trinajstić information content (AvgIpc) is 2.53. The first-order valence-electron chi connectivity index (χ1n) is 7.02. The van der Waals surface area contributed by atoms with Crippen LogP contribution in [0.1, 0.15) is 31.2 Å². The van der Waals surface area contributed by atoms with E-state index in [1.165, 1.54) is 0 Å². The van der Waals surface area contributed by atoms with E-state index in [1.807, 2.05) is 30.3 Å². The fraction of sp³-hybridized carbons (Fsp3) is 0.375. The molecule has 0 saturated carbocycles. The summed E-state index contributed by atoms with van der Waals surface area (Å²) in [5.74, 6) is 0.322. The van der Waals surface area contributed by atoms with E-state index < -0.39 is 10.5 Å². The molecule has 0 aliphatic rings. The molecular formula is C16H17Cl5O4. The lowest BCUT2D eigenvalue weighted by atomic mass is 10.1. The van der Waals surface area contributed by atoms with Crippen LogP contribution in [0.25, 0.3) is 0 Å². The maximum absolute atomic E-state index is 10.4. The van der Waals surface area contributed by atoms with Gasteiger partial charge in [-0.15, -0.1) is 11.6 Å². The Morgan fingerprint density at radius 1 is 0.640 bits per heavy atom. The van der Waals surface area contributed by atoms with E-state index in [0.717, 1.165) is 12.0 Å². The molecule has 0 atom stereocenters. The summed E-state index contributed by atoms with van der Waals surface area (Å²) in [6.07, 6.45) is 1.49. The third-order valence-electron chi connectivity index (χ3n) is 2.26. The minimum atomic E-state index is -0.529. The second kappa shape index (κ2) is 18.2. The molecule has 0 heterocycles. The molecule has 0 radical (unpaired) electrons. The number of aryl methyl sites for hydroxylation is 1. The molecule has 0 fully saturated rings. The van der Waals surface area contributed by atoms with Gasteiger partial charge in [0.2, 0.25) is 21.0 Å². The topological polar surface area (TPSA) is 68.3 Å². The Hall–Kier alpha value is -0.650. The summed E-state index contributed by atoms with van der Waals surface area (Å²) >= 11 is 24.9. The first-order valence-corrected chi connectivity index (χ1v) is 9.06. The Bertz CT molecular complexity index is 521. The zero-order chi connectivity index (χ0) is 19.7. The van der Waals surface area contributed by atoms with Gasteiger partial charge in [0, 0.05) is 31.6 Å². The Labute approximate surface area is 171 Å². The number of alkyl halides is 1. The molecule has 140 valence electrons. The molecule has 0 spiro atoms. The van der Waals surface area contributed by atoms with Crippen LogP contribution >= 0.6 is 58.0 Å². The van der Waals surface area contributed by atoms with E-state index in [4.69, 9.17) is 58.0 Å². The second-order valence-corrected chi connectivity index (χ2v) is 6.41. The molecule has 1 rings (SSSR count). The van der Waals surface area contributed by atoms with Gasteiger partial charge in [-0.05, 0) is 58.4 Å². The molecule has 0 N–H and O–H groups in total. The van der Waals surface area contributed by atoms with Gasteiger partial charge in [-0.1, -0.05) is 30.3 Å². The molecule has 0 saturated heterocycles. The van der Waals surface area contributed by atoms with Crippen molar-refractivity contribution in [3.8, 4) is 0 Å². The van der Waals surface area contributed by atoms with Crippen LogP contribution in [0, 0.1) is 0 Å². The fourth-order valence-corrected chi connectivity index (χ4v) is 1.80. The number of halogens is 5. The van der Waals surface area contributed by atoms with Crippen LogP contribution in [-0.4, -0.2) is 26.8 Å². The van der Waals surface area contributed by atoms with E-state index in [-0.39, 0.29) is 29.7 Å². The van der Waals surface area contributed by atoms with Crippen LogP contribution in [0.3, 0.4) is 0 Å². The second-order valence-electron chi connectivity index (χ2n) is 4.35. The van der Waals surface area contributed by atoms with Gasteiger partial charge in [0.1, 0.15) is 0 Å². The van der Waals surface area contributed by atoms with Crippen molar-refractivity contribution in [3.63, 3.8) is 0 Å². The van der Waals surface area contributed by atoms with Gasteiger partial charge in [-0.3, -0.25) is 19.2 Å². The summed E-state index contributed by atoms with van der Waals surface area (Å²) in [6, 6.07) is 9.83. The number of carbonyl (C=O) groups excluding carboxylic acids is 4. The highest BCUT2D eigenvalue weighted by atomic mass is 35.5. The van der Waals surface area contributed by atoms with Crippen LogP contribution in [0.2, 0.25) is 0 Å². The average molecular weight is 451 g/mol. The highest BCUT2D eigenvalue weighted by molar-refractivity contribution is 6.66. The van der Waals surface area contributed by atoms with Crippen molar-refractivity contribution in [2.24, 2.45) is 0 Å². The zero-order valence-corrected chi connectivity index (χ0v) is 16.9. The molecule has 4 nitrogen and oxygen atoms in total. The van der Waals surface area contributed by atoms with Crippen molar-refractivity contribution >= 4 is 79.0 Å². The van der Waals surface area contributed by atoms with Gasteiger partial charge in [0.05, 0.1) is 0 Å². The molecule has 25 heavy (non-hydrogen) atoms. The molecule has 1 aromatic carbocycles. The number of rotatable bonds is 8. The summed E-state index contributed by atoms with van der Waals surface area (Å²) in [4.78, 5) is 39.9. The van der Waals surface area contributed by atoms with Crippen molar-refractivity contribution in [1.82, 2.24) is 0 Å². The lowest BCUT2D eigenvalue weighted by Crippen LogP contribution is -1.90. The molecular weight excluding hydrogens is 433 g/mol. The van der Waals surface area contributed by atoms with Crippen LogP contribution in [0.15, 0.2) is 30.3 Å². The number of hydrogen-bond acceptors (Lipinski definition) is 4. The number of benzene rings is 1. The van der Waals surface area contributed by atoms with Gasteiger partial charge >= 0.3 is 0 Å². The largest absolute Gasteiger partial charge is 0.281 e. The molecule has 1 aromatic rings. The third kappa shape index (κ3) is 25.7. The summed E-state index contributed by atoms with van der Waals surface area (Å²) in [7, 11) is 0. The summed E-state index contributed by atoms with van der Waals surface area (Å²) in [6.45, 7) is 0. The molecule has 0 amide bonds. The Morgan fingerprint density at radius 3 is 1.32 bits per heavy atom. The monoisotopic (exact) mass is 448 g/mol. The molecule has 0 aliphatic heterocycles. The van der Waals surface area contributed by atoms with Crippen molar-refractivity contribution in [3.05, 3.63) is 35.9 Å². The minimum absolute atomic E-state index is 0.0316. The quantitative estimate of drug-likeness (QED) is 0.410. The third-order valence-corrected chi connectivity index (χ3v) is 3.21. The van der Waals surface area contributed by atoms with Crippen LogP contribution in [0.5, 0.6) is 0 Å². The van der Waals surface area contributed by atoms with Crippen LogP contribution in [0.4, 0.5) is 0 Å². The molecule has 0 bridgehead atoms. The van der Waals surface area contributed by atoms with Gasteiger partial charge < -0.3 is 0 Å². The van der Waals surface area contributed by atoms with Crippen molar-refractivity contribution in [2.75, 3.05) is 5.88 Å². The summed E-state index contributed by atoms with van der Waals surface area (Å²) in [5.41, 5.74) is 1.15. The SMILES string of the molecule is O=C(Cl)CCC(=O)Cl.O=C(Cl)CCCl.O=C(Cl)CCc1ccccc1. The highest BCUT2D eigenvalue weighted by Crippen LogP contribution is 2.03. The summed E-state index contributed by atoms with van der Waals surface area (Å²) in [5, 5.41) is -1.70. The molecule has 0 unspecified atom stereocenters. The lowest BCUT2D eigenvalue weighted by molar-refractivity contribution is -0.116. The standard InChI is InChI=1S/C9H9ClO.C4H4Cl2O2.C3H4Cl2O/c10-9(11)7-6-8-4-2-1-3-5-8;5-3(7)1-2-4(6)8;4-2-1-3(5)6/h1-5H,6-7H2;1-2H2;1-2H2. The first-order chi connectivity index (χ1) is 11.7. The van der Waals surface area contributed by atoms with Crippen molar-refractivity contribution in [2.45, 2.75) is 32.1 Å². The van der Waals surface area contributed by atoms with E-state index in [1.54, 1.807) is 0 Å². The van der Waals surface area contributed by atoms with Crippen LogP contribution in [-0.2, 0) is 25.6 Å². The molecule has 0 aliphatic carbocycles. The minimum Gasteiger partial charge on any atom is -0.281 e. The van der Waals surface area contributed by atoms with Gasteiger partial charge in [0.15, 0.2) is 0 Å². The molecule has 0 aromatic heterocycles. The van der Waals surface area contributed by atoms with Gasteiger partial charge in [-0.25, -0.2) is 0 Å². The number of hydrogen-bond donors (Lipinski definition) is 0. The van der Waals surface area contributed by atoms with E-state index in [9.17, 15) is 19.2 Å². The Balaban J connectivity index is 0. The van der Waals surface area contributed by atoms with E-state index in [2.05, 4.69) is 0 Å². The zero-order valence-electron chi connectivity index (χ0n) is 13.2. The van der Waals surface area contributed by atoms with Crippen molar-refractivity contribution < 1.29 is 19.2 Å². The number of carbonyl (C=O) groups is 4. The highest BCUT2D eigenvalue weighted by Gasteiger charge is 1.99. The first kappa shape index (κ1) is 26.6. The maximum atomic E-state index is 10.4. The normalized spacial score (nSPS) is 9.00. The predicted octanol–water partition coefficient (Wildman–Crippen LogP) is 5.06. The smallest absolute Gasteiger partial charge is 0.222 e. The maximum Gasteiger partial charge on any atom is 0.222 e.